The molecule has 1 aliphatic rings. The number of fused-ring (bicyclic) bond motifs is 1. The molecule has 1 unspecified atom stereocenters. The Labute approximate surface area is 97.1 Å². The van der Waals surface area contributed by atoms with Crippen molar-refractivity contribution in [3.63, 3.8) is 0 Å². The van der Waals surface area contributed by atoms with E-state index in [1.807, 2.05) is 0 Å². The van der Waals surface area contributed by atoms with Crippen LogP contribution in [0.1, 0.15) is 12.0 Å². The Morgan fingerprint density at radius 2 is 2.38 bits per heavy atom. The van der Waals surface area contributed by atoms with Crippen LogP contribution < -0.4 is 4.74 Å². The topological polar surface area (TPSA) is 35.5 Å². The number of halogens is 2. The van der Waals surface area contributed by atoms with E-state index in [2.05, 4.69) is 4.74 Å². The molecular weight excluding hydrogens is 235 g/mol. The number of carbonyl (C=O) groups is 1. The Kier molecular flexibility index (Phi) is 3.01. The molecule has 1 atom stereocenters. The standard InChI is InChI=1S/C11H10ClFO3/c1-15-11(14)9-3-2-6-4-7(13)5-8(12)10(6)16-9/h4-5,9H,2-3H2,1H3. The van der Waals surface area contributed by atoms with E-state index in [9.17, 15) is 9.18 Å². The van der Waals surface area contributed by atoms with Gasteiger partial charge in [-0.05, 0) is 30.5 Å². The van der Waals surface area contributed by atoms with Crippen molar-refractivity contribution in [2.75, 3.05) is 7.11 Å². The summed E-state index contributed by atoms with van der Waals surface area (Å²) in [6.45, 7) is 0. The molecule has 5 heteroatoms. The monoisotopic (exact) mass is 244 g/mol. The highest BCUT2D eigenvalue weighted by Crippen LogP contribution is 2.35. The summed E-state index contributed by atoms with van der Waals surface area (Å²) in [5, 5.41) is 0.184. The average molecular weight is 245 g/mol. The summed E-state index contributed by atoms with van der Waals surface area (Å²) >= 11 is 5.84. The maximum atomic E-state index is 13.0. The van der Waals surface area contributed by atoms with E-state index in [0.29, 0.717) is 24.2 Å². The van der Waals surface area contributed by atoms with E-state index < -0.39 is 17.9 Å². The van der Waals surface area contributed by atoms with Gasteiger partial charge in [0.1, 0.15) is 11.6 Å². The van der Waals surface area contributed by atoms with Crippen LogP contribution in [0.5, 0.6) is 5.75 Å². The quantitative estimate of drug-likeness (QED) is 0.712. The van der Waals surface area contributed by atoms with Gasteiger partial charge in [0.2, 0.25) is 0 Å². The van der Waals surface area contributed by atoms with E-state index in [1.54, 1.807) is 0 Å². The third-order valence-corrected chi connectivity index (χ3v) is 2.77. The summed E-state index contributed by atoms with van der Waals surface area (Å²) in [4.78, 5) is 11.3. The summed E-state index contributed by atoms with van der Waals surface area (Å²) in [5.74, 6) is -0.459. The van der Waals surface area contributed by atoms with Gasteiger partial charge in [-0.2, -0.15) is 0 Å². The number of methoxy groups -OCH3 is 1. The molecule has 0 radical (unpaired) electrons. The second-order valence-corrected chi connectivity index (χ2v) is 3.95. The number of hydrogen-bond donors (Lipinski definition) is 0. The van der Waals surface area contributed by atoms with Gasteiger partial charge in [0.15, 0.2) is 6.10 Å². The minimum absolute atomic E-state index is 0.184. The van der Waals surface area contributed by atoms with Crippen molar-refractivity contribution in [2.24, 2.45) is 0 Å². The van der Waals surface area contributed by atoms with Crippen LogP contribution in [-0.4, -0.2) is 19.2 Å². The molecule has 2 rings (SSSR count). The molecular formula is C11H10ClFO3. The van der Waals surface area contributed by atoms with E-state index in [4.69, 9.17) is 16.3 Å². The Morgan fingerprint density at radius 1 is 1.62 bits per heavy atom. The number of rotatable bonds is 1. The predicted octanol–water partition coefficient (Wildman–Crippen LogP) is 2.35. The molecule has 1 aliphatic heterocycles. The van der Waals surface area contributed by atoms with Crippen LogP contribution in [0.25, 0.3) is 0 Å². The van der Waals surface area contributed by atoms with E-state index in [0.717, 1.165) is 0 Å². The minimum atomic E-state index is -0.652. The Balaban J connectivity index is 2.30. The molecule has 0 spiro atoms. The summed E-state index contributed by atoms with van der Waals surface area (Å²) in [7, 11) is 1.30. The van der Waals surface area contributed by atoms with Gasteiger partial charge >= 0.3 is 5.97 Å². The molecule has 0 amide bonds. The first kappa shape index (κ1) is 11.2. The highest BCUT2D eigenvalue weighted by molar-refractivity contribution is 6.32. The lowest BCUT2D eigenvalue weighted by Gasteiger charge is -2.24. The van der Waals surface area contributed by atoms with Gasteiger partial charge in [0.05, 0.1) is 12.1 Å². The lowest BCUT2D eigenvalue weighted by molar-refractivity contribution is -0.149. The predicted molar refractivity (Wildman–Crippen MR) is 56.2 cm³/mol. The molecule has 3 nitrogen and oxygen atoms in total. The van der Waals surface area contributed by atoms with Crippen LogP contribution in [0.3, 0.4) is 0 Å². The second kappa shape index (κ2) is 4.29. The third kappa shape index (κ3) is 1.97. The number of hydrogen-bond acceptors (Lipinski definition) is 3. The maximum Gasteiger partial charge on any atom is 0.347 e. The SMILES string of the molecule is COC(=O)C1CCc2cc(F)cc(Cl)c2O1. The number of benzene rings is 1. The van der Waals surface area contributed by atoms with Gasteiger partial charge in [-0.25, -0.2) is 9.18 Å². The summed E-state index contributed by atoms with van der Waals surface area (Å²) in [6.07, 6.45) is 0.368. The first-order valence-corrected chi connectivity index (χ1v) is 5.22. The normalized spacial score (nSPS) is 18.6. The molecule has 0 saturated heterocycles. The molecule has 0 aromatic heterocycles. The van der Waals surface area contributed by atoms with Crippen molar-refractivity contribution in [2.45, 2.75) is 18.9 Å². The van der Waals surface area contributed by atoms with Crippen molar-refractivity contribution in [3.8, 4) is 5.75 Å². The zero-order valence-corrected chi connectivity index (χ0v) is 9.38. The van der Waals surface area contributed by atoms with Crippen molar-refractivity contribution < 1.29 is 18.7 Å². The Hall–Kier alpha value is -1.29. The van der Waals surface area contributed by atoms with Gasteiger partial charge in [-0.1, -0.05) is 11.6 Å². The molecule has 1 aromatic carbocycles. The molecule has 0 aliphatic carbocycles. The number of carbonyl (C=O) groups excluding carboxylic acids is 1. The van der Waals surface area contributed by atoms with Crippen molar-refractivity contribution in [3.05, 3.63) is 28.5 Å². The van der Waals surface area contributed by atoms with Crippen LogP contribution in [0.2, 0.25) is 5.02 Å². The molecule has 0 N–H and O–H groups in total. The van der Waals surface area contributed by atoms with Gasteiger partial charge in [0, 0.05) is 0 Å². The van der Waals surface area contributed by atoms with Crippen LogP contribution >= 0.6 is 11.6 Å². The van der Waals surface area contributed by atoms with Gasteiger partial charge in [0.25, 0.3) is 0 Å². The number of ether oxygens (including phenoxy) is 2. The Morgan fingerprint density at radius 3 is 3.06 bits per heavy atom. The molecule has 0 bridgehead atoms. The first-order valence-electron chi connectivity index (χ1n) is 4.84. The van der Waals surface area contributed by atoms with Crippen LogP contribution in [-0.2, 0) is 16.0 Å². The van der Waals surface area contributed by atoms with Crippen molar-refractivity contribution in [1.82, 2.24) is 0 Å². The Bertz CT molecular complexity index is 433. The third-order valence-electron chi connectivity index (χ3n) is 2.49. The summed E-state index contributed by atoms with van der Waals surface area (Å²) < 4.78 is 23.0. The zero-order valence-electron chi connectivity index (χ0n) is 8.63. The van der Waals surface area contributed by atoms with Gasteiger partial charge < -0.3 is 9.47 Å². The summed E-state index contributed by atoms with van der Waals surface area (Å²) in [6, 6.07) is 2.54. The number of esters is 1. The van der Waals surface area contributed by atoms with E-state index in [-0.39, 0.29) is 5.02 Å². The largest absolute Gasteiger partial charge is 0.477 e. The highest BCUT2D eigenvalue weighted by atomic mass is 35.5. The second-order valence-electron chi connectivity index (χ2n) is 3.54. The molecule has 86 valence electrons. The zero-order chi connectivity index (χ0) is 11.7. The smallest absolute Gasteiger partial charge is 0.347 e. The average Bonchev–Trinajstić information content (AvgIpc) is 2.27. The fourth-order valence-corrected chi connectivity index (χ4v) is 1.99. The maximum absolute atomic E-state index is 13.0. The van der Waals surface area contributed by atoms with Crippen molar-refractivity contribution >= 4 is 17.6 Å². The van der Waals surface area contributed by atoms with E-state index in [1.165, 1.54) is 19.2 Å². The fourth-order valence-electron chi connectivity index (χ4n) is 1.72. The van der Waals surface area contributed by atoms with E-state index >= 15 is 0 Å². The van der Waals surface area contributed by atoms with Crippen LogP contribution in [0.4, 0.5) is 4.39 Å². The molecule has 0 saturated carbocycles. The molecule has 16 heavy (non-hydrogen) atoms. The molecule has 1 aromatic rings. The number of aryl methyl sites for hydroxylation is 1. The fraction of sp³-hybridized carbons (Fsp3) is 0.364. The van der Waals surface area contributed by atoms with Crippen LogP contribution in [0, 0.1) is 5.82 Å². The first-order chi connectivity index (χ1) is 7.61. The van der Waals surface area contributed by atoms with Gasteiger partial charge in [-0.15, -0.1) is 0 Å². The lowest BCUT2D eigenvalue weighted by atomic mass is 10.0. The van der Waals surface area contributed by atoms with Crippen LogP contribution in [0.15, 0.2) is 12.1 Å². The van der Waals surface area contributed by atoms with Gasteiger partial charge in [-0.3, -0.25) is 0 Å². The van der Waals surface area contributed by atoms with Crippen molar-refractivity contribution in [1.29, 1.82) is 0 Å². The summed E-state index contributed by atoms with van der Waals surface area (Å²) in [5.41, 5.74) is 0.685. The lowest BCUT2D eigenvalue weighted by Crippen LogP contribution is -2.32. The molecule has 0 fully saturated rings. The molecule has 1 heterocycles. The highest BCUT2D eigenvalue weighted by Gasteiger charge is 2.28. The minimum Gasteiger partial charge on any atom is -0.477 e.